The molecular formula is C13H13F2NO3S. The summed E-state index contributed by atoms with van der Waals surface area (Å²) in [5, 5.41) is 9.28. The number of benzene rings is 1. The first-order valence-electron chi connectivity index (χ1n) is 6.02. The molecule has 2 atom stereocenters. The van der Waals surface area contributed by atoms with E-state index in [0.29, 0.717) is 5.75 Å². The predicted octanol–water partition coefficient (Wildman–Crippen LogP) is 1.87. The first-order valence-corrected chi connectivity index (χ1v) is 6.66. The molecular weight excluding hydrogens is 288 g/mol. The van der Waals surface area contributed by atoms with Gasteiger partial charge in [0.1, 0.15) is 0 Å². The Balaban J connectivity index is 2.40. The van der Waals surface area contributed by atoms with Crippen LogP contribution in [0.15, 0.2) is 18.2 Å². The maximum absolute atomic E-state index is 13.8. The molecule has 1 aromatic carbocycles. The molecule has 1 saturated heterocycles. The van der Waals surface area contributed by atoms with Gasteiger partial charge in [-0.15, -0.1) is 0 Å². The molecule has 0 aromatic heterocycles. The Morgan fingerprint density at radius 2 is 2.20 bits per heavy atom. The van der Waals surface area contributed by atoms with Gasteiger partial charge in [-0.05, 0) is 17.7 Å². The fourth-order valence-corrected chi connectivity index (χ4v) is 2.59. The van der Waals surface area contributed by atoms with Crippen molar-refractivity contribution in [3.8, 4) is 0 Å². The van der Waals surface area contributed by atoms with Crippen molar-refractivity contribution < 1.29 is 23.5 Å². The summed E-state index contributed by atoms with van der Waals surface area (Å²) >= 11 is 4.08. The second-order valence-corrected chi connectivity index (χ2v) is 5.05. The molecule has 7 heteroatoms. The Labute approximate surface area is 119 Å². The largest absolute Gasteiger partial charge is 0.479 e. The lowest BCUT2D eigenvalue weighted by Crippen LogP contribution is -2.36. The molecule has 4 nitrogen and oxygen atoms in total. The molecule has 108 valence electrons. The van der Waals surface area contributed by atoms with Crippen molar-refractivity contribution in [2.45, 2.75) is 12.5 Å². The molecule has 0 radical (unpaired) electrons. The summed E-state index contributed by atoms with van der Waals surface area (Å²) in [6, 6.07) is 1.79. The van der Waals surface area contributed by atoms with Crippen molar-refractivity contribution in [2.24, 2.45) is 5.92 Å². The molecule has 1 heterocycles. The van der Waals surface area contributed by atoms with Gasteiger partial charge in [0.15, 0.2) is 17.7 Å². The van der Waals surface area contributed by atoms with E-state index in [9.17, 15) is 23.5 Å². The van der Waals surface area contributed by atoms with Crippen LogP contribution in [0, 0.1) is 17.6 Å². The first-order chi connectivity index (χ1) is 9.45. The molecule has 0 spiro atoms. The fraction of sp³-hybridized carbons (Fsp3) is 0.385. The van der Waals surface area contributed by atoms with Gasteiger partial charge in [0, 0.05) is 18.5 Å². The summed E-state index contributed by atoms with van der Waals surface area (Å²) in [4.78, 5) is 24.3. The normalized spacial score (nSPS) is 20.2. The summed E-state index contributed by atoms with van der Waals surface area (Å²) in [7, 11) is 0. The second kappa shape index (κ2) is 5.78. The number of halogens is 2. The number of carbonyl (C=O) groups is 2. The van der Waals surface area contributed by atoms with Gasteiger partial charge in [0.2, 0.25) is 5.91 Å². The number of amides is 1. The summed E-state index contributed by atoms with van der Waals surface area (Å²) < 4.78 is 27.0. The van der Waals surface area contributed by atoms with Gasteiger partial charge in [0.05, 0.1) is 0 Å². The van der Waals surface area contributed by atoms with Crippen LogP contribution in [0.1, 0.15) is 18.0 Å². The number of nitrogens with zero attached hydrogens (tertiary/aromatic N) is 1. The third-order valence-electron chi connectivity index (χ3n) is 3.32. The van der Waals surface area contributed by atoms with Crippen LogP contribution in [0.4, 0.5) is 8.78 Å². The SMILES string of the molecule is O=C(O)C(c1cccc(F)c1F)N1CC(CS)CC1=O. The maximum Gasteiger partial charge on any atom is 0.331 e. The van der Waals surface area contributed by atoms with Gasteiger partial charge < -0.3 is 10.0 Å². The van der Waals surface area contributed by atoms with E-state index in [0.717, 1.165) is 11.0 Å². The van der Waals surface area contributed by atoms with E-state index in [-0.39, 0.29) is 30.4 Å². The number of hydrogen-bond acceptors (Lipinski definition) is 3. The van der Waals surface area contributed by atoms with E-state index in [4.69, 9.17) is 0 Å². The van der Waals surface area contributed by atoms with Gasteiger partial charge in [-0.25, -0.2) is 13.6 Å². The zero-order valence-corrected chi connectivity index (χ0v) is 11.3. The van der Waals surface area contributed by atoms with Crippen LogP contribution in [-0.4, -0.2) is 34.2 Å². The Bertz CT molecular complexity index is 552. The number of hydrogen-bond donors (Lipinski definition) is 2. The van der Waals surface area contributed by atoms with Crippen molar-refractivity contribution in [2.75, 3.05) is 12.3 Å². The lowest BCUT2D eigenvalue weighted by molar-refractivity contribution is -0.148. The molecule has 0 aliphatic carbocycles. The van der Waals surface area contributed by atoms with Crippen LogP contribution in [0.3, 0.4) is 0 Å². The Morgan fingerprint density at radius 3 is 2.75 bits per heavy atom. The van der Waals surface area contributed by atoms with Crippen LogP contribution in [-0.2, 0) is 9.59 Å². The average molecular weight is 301 g/mol. The molecule has 1 aromatic rings. The second-order valence-electron chi connectivity index (χ2n) is 4.68. The molecule has 1 aliphatic rings. The molecule has 2 rings (SSSR count). The van der Waals surface area contributed by atoms with Crippen molar-refractivity contribution in [3.05, 3.63) is 35.4 Å². The Morgan fingerprint density at radius 1 is 1.50 bits per heavy atom. The third-order valence-corrected chi connectivity index (χ3v) is 3.83. The summed E-state index contributed by atoms with van der Waals surface area (Å²) in [5.74, 6) is -3.79. The highest BCUT2D eigenvalue weighted by Gasteiger charge is 2.39. The van der Waals surface area contributed by atoms with Crippen molar-refractivity contribution in [3.63, 3.8) is 0 Å². The molecule has 2 unspecified atom stereocenters. The third kappa shape index (κ3) is 2.63. The Kier molecular flexibility index (Phi) is 4.27. The monoisotopic (exact) mass is 301 g/mol. The smallest absolute Gasteiger partial charge is 0.331 e. The number of aliphatic carboxylic acids is 1. The molecule has 20 heavy (non-hydrogen) atoms. The lowest BCUT2D eigenvalue weighted by Gasteiger charge is -2.25. The van der Waals surface area contributed by atoms with E-state index in [2.05, 4.69) is 12.6 Å². The highest BCUT2D eigenvalue weighted by molar-refractivity contribution is 7.80. The highest BCUT2D eigenvalue weighted by atomic mass is 32.1. The minimum absolute atomic E-state index is 0.0793. The zero-order chi connectivity index (χ0) is 14.9. The predicted molar refractivity (Wildman–Crippen MR) is 70.4 cm³/mol. The standard InChI is InChI=1S/C13H13F2NO3S/c14-9-3-1-2-8(11(9)15)12(13(18)19)16-5-7(6-20)4-10(16)17/h1-3,7,12,20H,4-6H2,(H,18,19). The van der Waals surface area contributed by atoms with Gasteiger partial charge in [-0.2, -0.15) is 12.6 Å². The first kappa shape index (κ1) is 14.8. The van der Waals surface area contributed by atoms with Gasteiger partial charge in [0.25, 0.3) is 0 Å². The minimum Gasteiger partial charge on any atom is -0.479 e. The summed E-state index contributed by atoms with van der Waals surface area (Å²) in [5.41, 5.74) is -0.342. The van der Waals surface area contributed by atoms with Gasteiger partial charge in [-0.3, -0.25) is 4.79 Å². The van der Waals surface area contributed by atoms with E-state index in [1.807, 2.05) is 0 Å². The van der Waals surface area contributed by atoms with Gasteiger partial charge in [-0.1, -0.05) is 12.1 Å². The number of carboxylic acids is 1. The van der Waals surface area contributed by atoms with Crippen LogP contribution in [0.2, 0.25) is 0 Å². The number of likely N-dealkylation sites (tertiary alicyclic amines) is 1. The van der Waals surface area contributed by atoms with Crippen LogP contribution in [0.25, 0.3) is 0 Å². The molecule has 0 bridgehead atoms. The van der Waals surface area contributed by atoms with Crippen molar-refractivity contribution in [1.82, 2.24) is 4.90 Å². The lowest BCUT2D eigenvalue weighted by atomic mass is 10.0. The molecule has 1 N–H and O–H groups in total. The van der Waals surface area contributed by atoms with E-state index >= 15 is 0 Å². The molecule has 0 saturated carbocycles. The summed E-state index contributed by atoms with van der Waals surface area (Å²) in [6.45, 7) is 0.176. The van der Waals surface area contributed by atoms with Crippen LogP contribution in [0.5, 0.6) is 0 Å². The summed E-state index contributed by atoms with van der Waals surface area (Å²) in [6.07, 6.45) is 0.171. The Hall–Kier alpha value is -1.63. The fourth-order valence-electron chi connectivity index (χ4n) is 2.35. The molecule has 1 amide bonds. The van der Waals surface area contributed by atoms with Crippen LogP contribution >= 0.6 is 12.6 Å². The zero-order valence-electron chi connectivity index (χ0n) is 10.4. The minimum atomic E-state index is -1.51. The van der Waals surface area contributed by atoms with Crippen molar-refractivity contribution >= 4 is 24.5 Å². The van der Waals surface area contributed by atoms with Crippen LogP contribution < -0.4 is 0 Å². The number of thiol groups is 1. The number of carboxylic acid groups (broad SMARTS) is 1. The highest BCUT2D eigenvalue weighted by Crippen LogP contribution is 2.31. The maximum atomic E-state index is 13.8. The number of rotatable bonds is 4. The topological polar surface area (TPSA) is 57.6 Å². The quantitative estimate of drug-likeness (QED) is 0.835. The number of carbonyl (C=O) groups excluding carboxylic acids is 1. The van der Waals surface area contributed by atoms with Gasteiger partial charge >= 0.3 is 5.97 Å². The van der Waals surface area contributed by atoms with E-state index < -0.39 is 23.6 Å². The molecule has 1 fully saturated rings. The average Bonchev–Trinajstić information content (AvgIpc) is 2.76. The van der Waals surface area contributed by atoms with Crippen molar-refractivity contribution in [1.29, 1.82) is 0 Å². The van der Waals surface area contributed by atoms with E-state index in [1.165, 1.54) is 12.1 Å². The van der Waals surface area contributed by atoms with E-state index in [1.54, 1.807) is 0 Å². The molecule has 1 aliphatic heterocycles.